The number of rotatable bonds is 6. The van der Waals surface area contributed by atoms with Crippen LogP contribution in [0.5, 0.6) is 0 Å². The molecule has 0 fully saturated rings. The Bertz CT molecular complexity index is 918. The second kappa shape index (κ2) is 7.60. The third-order valence-electron chi connectivity index (χ3n) is 3.76. The van der Waals surface area contributed by atoms with Crippen LogP contribution in [0.25, 0.3) is 0 Å². The highest BCUT2D eigenvalue weighted by Gasteiger charge is 2.21. The SMILES string of the molecule is CC[C@H](C)NC(=O)Cn1nc(S(=O)(=O)c2ccc(C)cc2)ccc1=O. The van der Waals surface area contributed by atoms with E-state index in [1.54, 1.807) is 12.1 Å². The number of hydrogen-bond donors (Lipinski definition) is 1. The molecule has 1 atom stereocenters. The lowest BCUT2D eigenvalue weighted by Gasteiger charge is -2.12. The first-order valence-corrected chi connectivity index (χ1v) is 9.41. The Hall–Kier alpha value is -2.48. The van der Waals surface area contributed by atoms with E-state index in [1.165, 1.54) is 12.1 Å². The van der Waals surface area contributed by atoms with Gasteiger partial charge in [-0.05, 0) is 38.5 Å². The first-order chi connectivity index (χ1) is 11.7. The highest BCUT2D eigenvalue weighted by molar-refractivity contribution is 7.91. The van der Waals surface area contributed by atoms with Crippen LogP contribution in [0.3, 0.4) is 0 Å². The van der Waals surface area contributed by atoms with Crippen molar-refractivity contribution >= 4 is 15.7 Å². The molecule has 134 valence electrons. The standard InChI is InChI=1S/C17H21N3O4S/c1-4-13(3)18-15(21)11-20-17(22)10-9-16(19-20)25(23,24)14-7-5-12(2)6-8-14/h5-10,13H,4,11H2,1-3H3,(H,18,21)/t13-/m0/s1. The van der Waals surface area contributed by atoms with Crippen molar-refractivity contribution in [1.29, 1.82) is 0 Å². The Labute approximate surface area is 146 Å². The third-order valence-corrected chi connectivity index (χ3v) is 5.42. The van der Waals surface area contributed by atoms with Gasteiger partial charge >= 0.3 is 0 Å². The molecular weight excluding hydrogens is 342 g/mol. The van der Waals surface area contributed by atoms with Gasteiger partial charge in [-0.25, -0.2) is 13.1 Å². The lowest BCUT2D eigenvalue weighted by atomic mass is 10.2. The number of nitrogens with one attached hydrogen (secondary N) is 1. The number of aryl methyl sites for hydroxylation is 1. The molecule has 0 aliphatic heterocycles. The average Bonchev–Trinajstić information content (AvgIpc) is 2.56. The van der Waals surface area contributed by atoms with Gasteiger partial charge in [0.15, 0.2) is 5.03 Å². The molecular formula is C17H21N3O4S. The molecule has 7 nitrogen and oxygen atoms in total. The molecule has 0 radical (unpaired) electrons. The number of aromatic nitrogens is 2. The van der Waals surface area contributed by atoms with E-state index in [-0.39, 0.29) is 22.5 Å². The fourth-order valence-corrected chi connectivity index (χ4v) is 3.27. The zero-order chi connectivity index (χ0) is 18.6. The monoisotopic (exact) mass is 363 g/mol. The van der Waals surface area contributed by atoms with Crippen molar-refractivity contribution in [2.24, 2.45) is 0 Å². The van der Waals surface area contributed by atoms with Gasteiger partial charge in [0.05, 0.1) is 4.90 Å². The summed E-state index contributed by atoms with van der Waals surface area (Å²) in [7, 11) is -3.86. The molecule has 0 saturated carbocycles. The summed E-state index contributed by atoms with van der Waals surface area (Å²) >= 11 is 0. The van der Waals surface area contributed by atoms with Crippen molar-refractivity contribution in [2.75, 3.05) is 0 Å². The number of hydrogen-bond acceptors (Lipinski definition) is 5. The van der Waals surface area contributed by atoms with Crippen LogP contribution in [0.15, 0.2) is 51.1 Å². The molecule has 2 rings (SSSR count). The number of carbonyl (C=O) groups excluding carboxylic acids is 1. The van der Waals surface area contributed by atoms with E-state index in [0.29, 0.717) is 0 Å². The van der Waals surface area contributed by atoms with Crippen LogP contribution in [-0.2, 0) is 21.2 Å². The molecule has 0 aliphatic rings. The van der Waals surface area contributed by atoms with Crippen LogP contribution in [0.2, 0.25) is 0 Å². The predicted octanol–water partition coefficient (Wildman–Crippen LogP) is 1.30. The number of sulfone groups is 1. The minimum Gasteiger partial charge on any atom is -0.352 e. The Kier molecular flexibility index (Phi) is 5.73. The highest BCUT2D eigenvalue weighted by Crippen LogP contribution is 2.18. The van der Waals surface area contributed by atoms with E-state index in [1.807, 2.05) is 20.8 Å². The normalized spacial score (nSPS) is 12.6. The topological polar surface area (TPSA) is 98.1 Å². The van der Waals surface area contributed by atoms with Crippen LogP contribution < -0.4 is 10.9 Å². The van der Waals surface area contributed by atoms with E-state index < -0.39 is 21.3 Å². The Balaban J connectivity index is 2.33. The molecule has 1 N–H and O–H groups in total. The molecule has 0 spiro atoms. The summed E-state index contributed by atoms with van der Waals surface area (Å²) in [5, 5.41) is 6.31. The zero-order valence-electron chi connectivity index (χ0n) is 14.4. The second-order valence-corrected chi connectivity index (χ2v) is 7.76. The summed E-state index contributed by atoms with van der Waals surface area (Å²) in [4.78, 5) is 23.9. The van der Waals surface area contributed by atoms with Gasteiger partial charge in [-0.1, -0.05) is 24.6 Å². The average molecular weight is 363 g/mol. The summed E-state index contributed by atoms with van der Waals surface area (Å²) in [5.74, 6) is -0.395. The van der Waals surface area contributed by atoms with Gasteiger partial charge in [-0.2, -0.15) is 5.10 Å². The third kappa shape index (κ3) is 4.54. The van der Waals surface area contributed by atoms with Gasteiger partial charge in [-0.3, -0.25) is 9.59 Å². The first kappa shape index (κ1) is 18.9. The minimum absolute atomic E-state index is 0.0392. The van der Waals surface area contributed by atoms with Crippen LogP contribution >= 0.6 is 0 Å². The minimum atomic E-state index is -3.86. The van der Waals surface area contributed by atoms with Crippen LogP contribution in [0.1, 0.15) is 25.8 Å². The largest absolute Gasteiger partial charge is 0.352 e. The molecule has 1 amide bonds. The van der Waals surface area contributed by atoms with Crippen molar-refractivity contribution in [3.63, 3.8) is 0 Å². The summed E-state index contributed by atoms with van der Waals surface area (Å²) in [5.41, 5.74) is 0.390. The van der Waals surface area contributed by atoms with E-state index in [4.69, 9.17) is 0 Å². The van der Waals surface area contributed by atoms with Crippen molar-refractivity contribution in [2.45, 2.75) is 49.7 Å². The predicted molar refractivity (Wildman–Crippen MR) is 93.0 cm³/mol. The quantitative estimate of drug-likeness (QED) is 0.834. The van der Waals surface area contributed by atoms with E-state index in [0.717, 1.165) is 28.8 Å². The van der Waals surface area contributed by atoms with E-state index >= 15 is 0 Å². The van der Waals surface area contributed by atoms with Gasteiger partial charge in [0, 0.05) is 12.1 Å². The Morgan fingerprint density at radius 1 is 1.20 bits per heavy atom. The maximum atomic E-state index is 12.6. The van der Waals surface area contributed by atoms with Crippen molar-refractivity contribution < 1.29 is 13.2 Å². The van der Waals surface area contributed by atoms with Gasteiger partial charge < -0.3 is 5.32 Å². The fourth-order valence-electron chi connectivity index (χ4n) is 2.08. The number of benzene rings is 1. The highest BCUT2D eigenvalue weighted by atomic mass is 32.2. The molecule has 25 heavy (non-hydrogen) atoms. The molecule has 1 aromatic heterocycles. The zero-order valence-corrected chi connectivity index (χ0v) is 15.2. The molecule has 0 saturated heterocycles. The van der Waals surface area contributed by atoms with Gasteiger partial charge in [-0.15, -0.1) is 0 Å². The van der Waals surface area contributed by atoms with Crippen molar-refractivity contribution in [3.8, 4) is 0 Å². The van der Waals surface area contributed by atoms with Crippen molar-refractivity contribution in [3.05, 3.63) is 52.3 Å². The molecule has 2 aromatic rings. The molecule has 8 heteroatoms. The van der Waals surface area contributed by atoms with Gasteiger partial charge in [0.2, 0.25) is 15.7 Å². The Morgan fingerprint density at radius 3 is 2.44 bits per heavy atom. The first-order valence-electron chi connectivity index (χ1n) is 7.93. The van der Waals surface area contributed by atoms with Crippen LogP contribution in [0, 0.1) is 6.92 Å². The van der Waals surface area contributed by atoms with Crippen molar-refractivity contribution in [1.82, 2.24) is 15.1 Å². The maximum Gasteiger partial charge on any atom is 0.267 e. The molecule has 0 aliphatic carbocycles. The lowest BCUT2D eigenvalue weighted by Crippen LogP contribution is -2.38. The summed E-state index contributed by atoms with van der Waals surface area (Å²) in [6.07, 6.45) is 0.746. The Morgan fingerprint density at radius 2 is 1.84 bits per heavy atom. The van der Waals surface area contributed by atoms with E-state index in [2.05, 4.69) is 10.4 Å². The number of carbonyl (C=O) groups is 1. The number of amides is 1. The molecule has 0 unspecified atom stereocenters. The number of nitrogens with zero attached hydrogens (tertiary/aromatic N) is 2. The molecule has 1 aromatic carbocycles. The van der Waals surface area contributed by atoms with Gasteiger partial charge in [0.1, 0.15) is 6.54 Å². The molecule has 0 bridgehead atoms. The maximum absolute atomic E-state index is 12.6. The summed E-state index contributed by atoms with van der Waals surface area (Å²) < 4.78 is 26.1. The smallest absolute Gasteiger partial charge is 0.267 e. The van der Waals surface area contributed by atoms with Gasteiger partial charge in [0.25, 0.3) is 5.56 Å². The second-order valence-electron chi connectivity index (χ2n) is 5.86. The van der Waals surface area contributed by atoms with Crippen LogP contribution in [-0.4, -0.2) is 30.1 Å². The fraction of sp³-hybridized carbons (Fsp3) is 0.353. The lowest BCUT2D eigenvalue weighted by molar-refractivity contribution is -0.122. The molecule has 1 heterocycles. The van der Waals surface area contributed by atoms with E-state index in [9.17, 15) is 18.0 Å². The van der Waals surface area contributed by atoms with Crippen LogP contribution in [0.4, 0.5) is 0 Å². The summed E-state index contributed by atoms with van der Waals surface area (Å²) in [6.45, 7) is 5.28. The summed E-state index contributed by atoms with van der Waals surface area (Å²) in [6, 6.07) is 8.55.